The zero-order chi connectivity index (χ0) is 12.3. The topological polar surface area (TPSA) is 43.4 Å². The summed E-state index contributed by atoms with van der Waals surface area (Å²) in [6.45, 7) is 11.3. The quantitative estimate of drug-likeness (QED) is 0.569. The van der Waals surface area contributed by atoms with E-state index in [9.17, 15) is 8.42 Å². The molecule has 0 aliphatic heterocycles. The van der Waals surface area contributed by atoms with Crippen LogP contribution in [0.2, 0.25) is 18.1 Å². The van der Waals surface area contributed by atoms with Gasteiger partial charge in [-0.2, -0.15) is 8.42 Å². The minimum absolute atomic E-state index is 0.144. The molecule has 0 atom stereocenters. The van der Waals surface area contributed by atoms with E-state index in [1.165, 1.54) is 0 Å². The fourth-order valence-corrected chi connectivity index (χ4v) is 2.27. The van der Waals surface area contributed by atoms with Crippen LogP contribution in [-0.4, -0.2) is 29.4 Å². The Hall–Kier alpha value is -0.133. The first-order valence-corrected chi connectivity index (χ1v) is 9.87. The molecule has 0 aromatic heterocycles. The Morgan fingerprint density at radius 3 is 2.07 bits per heavy atom. The van der Waals surface area contributed by atoms with Crippen LogP contribution in [0.1, 0.15) is 20.8 Å². The lowest BCUT2D eigenvalue weighted by molar-refractivity contribution is 0.361. The van der Waals surface area contributed by atoms with Crippen LogP contribution in [-0.2, 0) is 14.3 Å². The maximum atomic E-state index is 10.7. The van der Waals surface area contributed by atoms with Crippen molar-refractivity contribution in [2.24, 2.45) is 0 Å². The molecule has 0 spiro atoms. The Morgan fingerprint density at radius 2 is 1.73 bits per heavy atom. The van der Waals surface area contributed by atoms with Gasteiger partial charge in [-0.3, -0.25) is 4.18 Å². The predicted octanol–water partition coefficient (Wildman–Crippen LogP) is 2.57. The van der Waals surface area contributed by atoms with E-state index >= 15 is 0 Å². The smallest absolute Gasteiger partial charge is 0.264 e. The van der Waals surface area contributed by atoms with Crippen LogP contribution >= 0.6 is 0 Å². The molecule has 0 fully saturated rings. The number of hydrogen-bond donors (Lipinski definition) is 0. The van der Waals surface area contributed by atoms with E-state index in [-0.39, 0.29) is 11.6 Å². The van der Waals surface area contributed by atoms with Crippen LogP contribution in [0.4, 0.5) is 0 Å². The normalized spacial score (nSPS) is 14.8. The van der Waals surface area contributed by atoms with Crippen molar-refractivity contribution in [1.82, 2.24) is 0 Å². The summed E-state index contributed by atoms with van der Waals surface area (Å²) >= 11 is 0. The molecule has 0 aliphatic carbocycles. The van der Waals surface area contributed by atoms with Gasteiger partial charge in [0.1, 0.15) is 0 Å². The molecule has 0 unspecified atom stereocenters. The molecule has 5 heteroatoms. The van der Waals surface area contributed by atoms with Gasteiger partial charge >= 0.3 is 0 Å². The van der Waals surface area contributed by atoms with E-state index in [0.717, 1.165) is 6.26 Å². The molecular weight excluding hydrogens is 228 g/mol. The molecule has 0 radical (unpaired) electrons. The Labute approximate surface area is 94.7 Å². The molecule has 0 rings (SSSR count). The zero-order valence-electron chi connectivity index (χ0n) is 10.5. The third-order valence-electron chi connectivity index (χ3n) is 2.85. The first-order valence-electron chi connectivity index (χ1n) is 4.98. The molecule has 90 valence electrons. The summed E-state index contributed by atoms with van der Waals surface area (Å²) in [7, 11) is -4.77. The first kappa shape index (κ1) is 14.9. The van der Waals surface area contributed by atoms with Crippen LogP contribution in [0.5, 0.6) is 0 Å². The lowest BCUT2D eigenvalue weighted by atomic mass is 10.2. The van der Waals surface area contributed by atoms with Gasteiger partial charge in [-0.05, 0) is 5.04 Å². The van der Waals surface area contributed by atoms with Crippen LogP contribution in [0.3, 0.4) is 0 Å². The SMILES string of the molecule is CC(C)(C)[Si](C)(C)/C=C\COS(C)(=O)=O. The summed E-state index contributed by atoms with van der Waals surface area (Å²) < 4.78 is 26.1. The van der Waals surface area contributed by atoms with Gasteiger partial charge in [0.2, 0.25) is 0 Å². The fraction of sp³-hybridized carbons (Fsp3) is 0.800. The summed E-state index contributed by atoms with van der Waals surface area (Å²) in [6, 6.07) is 0. The van der Waals surface area contributed by atoms with Crippen molar-refractivity contribution < 1.29 is 12.6 Å². The molecule has 15 heavy (non-hydrogen) atoms. The number of hydrogen-bond acceptors (Lipinski definition) is 3. The molecule has 0 saturated carbocycles. The summed E-state index contributed by atoms with van der Waals surface area (Å²) in [6.07, 6.45) is 2.88. The number of rotatable bonds is 4. The monoisotopic (exact) mass is 250 g/mol. The highest BCUT2D eigenvalue weighted by atomic mass is 32.2. The Morgan fingerprint density at radius 1 is 1.27 bits per heavy atom. The van der Waals surface area contributed by atoms with Crippen LogP contribution in [0.25, 0.3) is 0 Å². The fourth-order valence-electron chi connectivity index (χ4n) is 0.756. The molecule has 0 saturated heterocycles. The molecule has 0 aromatic rings. The summed E-state index contributed by atoms with van der Waals surface area (Å²) in [4.78, 5) is 0. The van der Waals surface area contributed by atoms with Crippen molar-refractivity contribution >= 4 is 18.2 Å². The average molecular weight is 250 g/mol. The standard InChI is InChI=1S/C10H22O3SSi/c1-10(2,3)15(5,6)9-7-8-13-14(4,11)12/h7,9H,8H2,1-6H3/b9-7-. The first-order chi connectivity index (χ1) is 6.46. The second-order valence-electron chi connectivity index (χ2n) is 5.36. The molecule has 0 aliphatic rings. The van der Waals surface area contributed by atoms with Crippen molar-refractivity contribution in [3.05, 3.63) is 11.8 Å². The predicted molar refractivity (Wildman–Crippen MR) is 67.1 cm³/mol. The van der Waals surface area contributed by atoms with Crippen LogP contribution in [0.15, 0.2) is 11.8 Å². The molecule has 0 bridgehead atoms. The molecule has 0 amide bonds. The van der Waals surface area contributed by atoms with Gasteiger partial charge in [0, 0.05) is 0 Å². The average Bonchev–Trinajstić information content (AvgIpc) is 1.94. The van der Waals surface area contributed by atoms with Crippen molar-refractivity contribution in [2.45, 2.75) is 38.9 Å². The van der Waals surface area contributed by atoms with Crippen molar-refractivity contribution in [3.63, 3.8) is 0 Å². The highest BCUT2D eigenvalue weighted by Crippen LogP contribution is 2.36. The Bertz CT molecular complexity index is 323. The van der Waals surface area contributed by atoms with Crippen molar-refractivity contribution in [2.75, 3.05) is 12.9 Å². The molecular formula is C10H22O3SSi. The van der Waals surface area contributed by atoms with E-state index in [1.807, 2.05) is 6.08 Å². The van der Waals surface area contributed by atoms with E-state index in [4.69, 9.17) is 0 Å². The Balaban J connectivity index is 4.31. The maximum Gasteiger partial charge on any atom is 0.264 e. The van der Waals surface area contributed by atoms with Crippen LogP contribution in [0, 0.1) is 0 Å². The third kappa shape index (κ3) is 6.12. The third-order valence-corrected chi connectivity index (χ3v) is 8.35. The van der Waals surface area contributed by atoms with E-state index in [0.29, 0.717) is 0 Å². The second kappa shape index (κ2) is 4.80. The van der Waals surface area contributed by atoms with Gasteiger partial charge in [0.15, 0.2) is 0 Å². The van der Waals surface area contributed by atoms with Gasteiger partial charge in [-0.25, -0.2) is 0 Å². The summed E-state index contributed by atoms with van der Waals surface area (Å²) in [5, 5.41) is 0.272. The minimum Gasteiger partial charge on any atom is -0.266 e. The molecule has 3 nitrogen and oxygen atoms in total. The zero-order valence-corrected chi connectivity index (χ0v) is 12.3. The molecule has 0 heterocycles. The molecule has 0 aromatic carbocycles. The lowest BCUT2D eigenvalue weighted by Gasteiger charge is -2.34. The summed E-state index contributed by atoms with van der Waals surface area (Å²) in [5.41, 5.74) is 2.14. The maximum absolute atomic E-state index is 10.7. The minimum atomic E-state index is -3.31. The van der Waals surface area contributed by atoms with Crippen LogP contribution < -0.4 is 0 Å². The van der Waals surface area contributed by atoms with E-state index < -0.39 is 18.2 Å². The largest absolute Gasteiger partial charge is 0.266 e. The van der Waals surface area contributed by atoms with E-state index in [1.54, 1.807) is 0 Å². The van der Waals surface area contributed by atoms with E-state index in [2.05, 4.69) is 43.7 Å². The second-order valence-corrected chi connectivity index (χ2v) is 12.3. The van der Waals surface area contributed by atoms with Gasteiger partial charge in [-0.1, -0.05) is 45.6 Å². The molecule has 0 N–H and O–H groups in total. The highest BCUT2D eigenvalue weighted by Gasteiger charge is 2.32. The van der Waals surface area contributed by atoms with Gasteiger partial charge in [-0.15, -0.1) is 0 Å². The lowest BCUT2D eigenvalue weighted by Crippen LogP contribution is -2.35. The highest BCUT2D eigenvalue weighted by molar-refractivity contribution is 7.85. The van der Waals surface area contributed by atoms with Gasteiger partial charge in [0.25, 0.3) is 10.1 Å². The van der Waals surface area contributed by atoms with Crippen molar-refractivity contribution in [3.8, 4) is 0 Å². The van der Waals surface area contributed by atoms with Gasteiger partial charge in [0.05, 0.1) is 20.9 Å². The summed E-state index contributed by atoms with van der Waals surface area (Å²) in [5.74, 6) is 0. The van der Waals surface area contributed by atoms with Gasteiger partial charge < -0.3 is 0 Å². The van der Waals surface area contributed by atoms with Crippen molar-refractivity contribution in [1.29, 1.82) is 0 Å². The Kier molecular flexibility index (Phi) is 4.76.